The number of likely N-dealkylation sites (N-methyl/N-ethyl adjacent to an activating group) is 1. The number of rotatable bonds is 11. The molecule has 3 aliphatic heterocycles. The lowest BCUT2D eigenvalue weighted by molar-refractivity contribution is -0.189. The van der Waals surface area contributed by atoms with Gasteiger partial charge in [0.2, 0.25) is 17.5 Å². The predicted molar refractivity (Wildman–Crippen MR) is 259 cm³/mol. The van der Waals surface area contributed by atoms with Gasteiger partial charge in [-0.25, -0.2) is 4.79 Å². The number of benzene rings is 2. The Labute approximate surface area is 403 Å². The minimum absolute atomic E-state index is 0.0500. The minimum atomic E-state index is -2.30. The van der Waals surface area contributed by atoms with Gasteiger partial charge in [0, 0.05) is 87.3 Å². The smallest absolute Gasteiger partial charge is 0.355 e. The number of nitrogens with zero attached hydrogens (tertiary/aromatic N) is 5. The molecule has 17 heteroatoms. The fraction of sp³-hybridized carbons (Fsp3) is 0.500. The lowest BCUT2D eigenvalue weighted by Crippen LogP contribution is -2.67. The molecule has 4 aromatic rings. The molecule has 69 heavy (non-hydrogen) atoms. The van der Waals surface area contributed by atoms with Crippen molar-refractivity contribution in [3.05, 3.63) is 84.2 Å². The molecule has 0 aliphatic carbocycles. The molecular formula is C52H67N7O10. The summed E-state index contributed by atoms with van der Waals surface area (Å²) >= 11 is 0. The lowest BCUT2D eigenvalue weighted by atomic mass is 9.83. The Morgan fingerprint density at radius 3 is 2.51 bits per heavy atom. The monoisotopic (exact) mass is 949 g/mol. The third-order valence-corrected chi connectivity index (χ3v) is 13.8. The van der Waals surface area contributed by atoms with Crippen molar-refractivity contribution in [3.63, 3.8) is 0 Å². The molecule has 5 atom stereocenters. The molecule has 2 aromatic heterocycles. The molecule has 5 N–H and O–H groups in total. The van der Waals surface area contributed by atoms with E-state index in [4.69, 9.17) is 9.47 Å². The number of carbonyl (C=O) groups excluding carboxylic acids is 5. The second-order valence-corrected chi connectivity index (χ2v) is 19.9. The number of phenolic OH excluding ortho intramolecular Hbond substituents is 1. The molecular weight excluding hydrogens is 883 g/mol. The quantitative estimate of drug-likeness (QED) is 0.101. The topological polar surface area (TPSA) is 216 Å². The second-order valence-electron chi connectivity index (χ2n) is 19.9. The third kappa shape index (κ3) is 10.1. The predicted octanol–water partition coefficient (Wildman–Crippen LogP) is 4.79. The van der Waals surface area contributed by atoms with E-state index >= 15 is 0 Å². The van der Waals surface area contributed by atoms with Crippen LogP contribution in [0, 0.1) is 11.3 Å². The van der Waals surface area contributed by atoms with Crippen molar-refractivity contribution < 1.29 is 48.8 Å². The molecule has 6 bridgehead atoms. The third-order valence-electron chi connectivity index (χ3n) is 13.8. The van der Waals surface area contributed by atoms with Crippen LogP contribution in [0.2, 0.25) is 0 Å². The molecule has 0 radical (unpaired) electrons. The van der Waals surface area contributed by atoms with Crippen LogP contribution in [0.1, 0.15) is 90.0 Å². The minimum Gasteiger partial charge on any atom is -0.508 e. The van der Waals surface area contributed by atoms with Crippen LogP contribution in [0.3, 0.4) is 0 Å². The van der Waals surface area contributed by atoms with Crippen LogP contribution in [-0.2, 0) is 52.8 Å². The van der Waals surface area contributed by atoms with Crippen LogP contribution in [0.25, 0.3) is 33.3 Å². The summed E-state index contributed by atoms with van der Waals surface area (Å²) in [6, 6.07) is 10.5. The number of esters is 1. The van der Waals surface area contributed by atoms with E-state index in [1.54, 1.807) is 33.2 Å². The Bertz CT molecular complexity index is 2640. The van der Waals surface area contributed by atoms with E-state index in [2.05, 4.69) is 46.8 Å². The van der Waals surface area contributed by atoms with Gasteiger partial charge in [-0.3, -0.25) is 29.2 Å². The molecule has 17 nitrogen and oxygen atoms in total. The number of hydrogen-bond acceptors (Lipinski definition) is 12. The summed E-state index contributed by atoms with van der Waals surface area (Å²) in [7, 11) is 3.09. The number of aromatic nitrogens is 2. The number of fused-ring (bicyclic) bond motifs is 6. The Morgan fingerprint density at radius 1 is 1.07 bits per heavy atom. The highest BCUT2D eigenvalue weighted by Gasteiger charge is 2.49. The van der Waals surface area contributed by atoms with Crippen LogP contribution in [-0.4, -0.2) is 133 Å². The molecule has 370 valence electrons. The fourth-order valence-electron chi connectivity index (χ4n) is 10.4. The number of phenols is 1. The van der Waals surface area contributed by atoms with E-state index in [1.807, 2.05) is 44.3 Å². The average Bonchev–Trinajstić information content (AvgIpc) is 3.87. The first kappa shape index (κ1) is 50.7. The zero-order chi connectivity index (χ0) is 50.2. The highest BCUT2D eigenvalue weighted by Crippen LogP contribution is 2.43. The molecule has 5 heterocycles. The number of aromatic hydroxyl groups is 1. The van der Waals surface area contributed by atoms with Gasteiger partial charge in [0.25, 0.3) is 11.8 Å². The highest BCUT2D eigenvalue weighted by molar-refractivity contribution is 5.97. The van der Waals surface area contributed by atoms with Crippen molar-refractivity contribution in [1.29, 1.82) is 0 Å². The normalized spacial score (nSPS) is 22.7. The number of aliphatic hydroxyl groups is 2. The number of ether oxygens (including phenoxy) is 2. The first-order valence-corrected chi connectivity index (χ1v) is 23.8. The van der Waals surface area contributed by atoms with E-state index in [1.165, 1.54) is 18.0 Å². The van der Waals surface area contributed by atoms with Crippen molar-refractivity contribution >= 4 is 40.5 Å². The summed E-state index contributed by atoms with van der Waals surface area (Å²) in [6.45, 7) is 15.5. The summed E-state index contributed by atoms with van der Waals surface area (Å²) in [5.41, 5.74) is 4.44. The first-order chi connectivity index (χ1) is 32.7. The molecule has 2 fully saturated rings. The zero-order valence-corrected chi connectivity index (χ0v) is 41.0. The summed E-state index contributed by atoms with van der Waals surface area (Å²) in [4.78, 5) is 76.8. The van der Waals surface area contributed by atoms with Gasteiger partial charge in [-0.1, -0.05) is 53.3 Å². The Balaban J connectivity index is 1.33. The van der Waals surface area contributed by atoms with Crippen LogP contribution in [0.15, 0.2) is 67.5 Å². The SMILES string of the molecule is C=CC(=O)N1CC[C@](O)(C(=O)N(C)[C@H](C(=O)N[C@H]2Cc3cc(O)cc(c3)-c3ccc4c(c3)c(c(-c3cnccc3[C@H](CC)OC)n4CC)CC(C)(C)COC(=O)[C@@]3(O)CCCN(N3)C2=O)C(C)C)C1. The average molecular weight is 950 g/mol. The molecule has 0 spiro atoms. The number of amides is 4. The molecule has 3 aliphatic rings. The van der Waals surface area contributed by atoms with Gasteiger partial charge in [-0.05, 0) is 96.3 Å². The van der Waals surface area contributed by atoms with Crippen molar-refractivity contribution in [1.82, 2.24) is 35.1 Å². The highest BCUT2D eigenvalue weighted by atomic mass is 16.6. The maximum absolute atomic E-state index is 14.8. The second kappa shape index (κ2) is 20.1. The van der Waals surface area contributed by atoms with Gasteiger partial charge in [0.15, 0.2) is 5.60 Å². The first-order valence-electron chi connectivity index (χ1n) is 23.8. The summed E-state index contributed by atoms with van der Waals surface area (Å²) < 4.78 is 14.2. The van der Waals surface area contributed by atoms with Crippen molar-refractivity contribution in [2.75, 3.05) is 40.4 Å². The number of aryl methyl sites for hydroxylation is 1. The van der Waals surface area contributed by atoms with Gasteiger partial charge in [0.1, 0.15) is 17.8 Å². The Kier molecular flexibility index (Phi) is 14.8. The van der Waals surface area contributed by atoms with Crippen LogP contribution < -0.4 is 10.7 Å². The molecule has 2 aromatic carbocycles. The molecule has 0 saturated carbocycles. The molecule has 4 amide bonds. The Hall–Kier alpha value is -6.14. The fourth-order valence-corrected chi connectivity index (χ4v) is 10.4. The van der Waals surface area contributed by atoms with Crippen LogP contribution in [0.5, 0.6) is 5.75 Å². The number of nitrogens with one attached hydrogen (secondary N) is 2. The summed E-state index contributed by atoms with van der Waals surface area (Å²) in [6.07, 6.45) is 5.62. The lowest BCUT2D eigenvalue weighted by Gasteiger charge is -2.40. The maximum atomic E-state index is 14.8. The van der Waals surface area contributed by atoms with Gasteiger partial charge >= 0.3 is 5.97 Å². The van der Waals surface area contributed by atoms with E-state index in [-0.39, 0.29) is 63.8 Å². The zero-order valence-electron chi connectivity index (χ0n) is 41.0. The molecule has 2 saturated heterocycles. The number of pyridine rings is 1. The number of methoxy groups -OCH3 is 1. The van der Waals surface area contributed by atoms with Gasteiger partial charge in [-0.15, -0.1) is 0 Å². The standard InChI is InChI=1S/C52H67N7O10/c1-10-42(68-9)36-16-19-53-28-39(36)45-38-27-50(6,7)30-69-49(65)52(67)17-13-20-59(55-52)47(63)40(24-32-22-34(25-35(60)23-32)33-14-15-41(37(38)26-33)58(45)12-3)54-46(62)44(31(4)5)56(8)48(64)51(66)18-21-57(29-51)43(61)11-2/h11,14-16,19,22-23,25-26,28,31,40,42,44,55,60,66-67H,2,10,12-13,17-18,20-21,24,27,29-30H2,1,3-9H3,(H,54,62)/t40-,42-,44-,51+,52-/m0/s1. The summed E-state index contributed by atoms with van der Waals surface area (Å²) in [5.74, 6) is -4.18. The number of cyclic esters (lactones) is 1. The van der Waals surface area contributed by atoms with Gasteiger partial charge in [0.05, 0.1) is 24.9 Å². The molecule has 0 unspecified atom stereocenters. The van der Waals surface area contributed by atoms with Crippen LogP contribution in [0.4, 0.5) is 0 Å². The number of β-amino-alcohol motifs (C(OH)–C–C–N with tert-alkyl or cyclic N) is 1. The van der Waals surface area contributed by atoms with Crippen molar-refractivity contribution in [3.8, 4) is 28.1 Å². The number of carbonyl (C=O) groups is 5. The van der Waals surface area contributed by atoms with Crippen molar-refractivity contribution in [2.45, 2.75) is 116 Å². The van der Waals surface area contributed by atoms with E-state index < -0.39 is 64.3 Å². The van der Waals surface area contributed by atoms with Crippen LogP contribution >= 0.6 is 0 Å². The van der Waals surface area contributed by atoms with Gasteiger partial charge in [-0.2, -0.15) is 5.43 Å². The maximum Gasteiger partial charge on any atom is 0.355 e. The Morgan fingerprint density at radius 2 is 1.83 bits per heavy atom. The van der Waals surface area contributed by atoms with Gasteiger partial charge < -0.3 is 44.5 Å². The number of hydrogen-bond donors (Lipinski definition) is 5. The van der Waals surface area contributed by atoms with Crippen molar-refractivity contribution in [2.24, 2.45) is 11.3 Å². The largest absolute Gasteiger partial charge is 0.508 e. The van der Waals surface area contributed by atoms with E-state index in [0.29, 0.717) is 24.1 Å². The number of likely N-dealkylation sites (tertiary alicyclic amines) is 1. The van der Waals surface area contributed by atoms with E-state index in [9.17, 15) is 39.3 Å². The molecule has 7 rings (SSSR count). The van der Waals surface area contributed by atoms with E-state index in [0.717, 1.165) is 61.3 Å². The summed E-state index contributed by atoms with van der Waals surface area (Å²) in [5, 5.41) is 39.7. The number of hydrazine groups is 1.